The number of carbonyl (C=O) groups excluding carboxylic acids is 2. The Hall–Kier alpha value is -2.04. The van der Waals surface area contributed by atoms with Crippen molar-refractivity contribution in [2.75, 3.05) is 20.2 Å². The summed E-state index contributed by atoms with van der Waals surface area (Å²) in [7, 11) is 1.64. The van der Waals surface area contributed by atoms with Gasteiger partial charge < -0.3 is 15.0 Å². The number of rotatable bonds is 6. The Balaban J connectivity index is 1.36. The highest BCUT2D eigenvalue weighted by Crippen LogP contribution is 2.31. The smallest absolute Gasteiger partial charge is 0.225 e. The Morgan fingerprint density at radius 2 is 1.79 bits per heavy atom. The number of methoxy groups -OCH3 is 1. The molecule has 2 amide bonds. The van der Waals surface area contributed by atoms with Crippen LogP contribution in [0.15, 0.2) is 24.3 Å². The van der Waals surface area contributed by atoms with E-state index in [9.17, 15) is 9.59 Å². The van der Waals surface area contributed by atoms with Crippen molar-refractivity contribution in [1.29, 1.82) is 0 Å². The van der Waals surface area contributed by atoms with Crippen molar-refractivity contribution in [3.8, 4) is 5.75 Å². The van der Waals surface area contributed by atoms with Crippen LogP contribution in [0.4, 0.5) is 0 Å². The summed E-state index contributed by atoms with van der Waals surface area (Å²) in [6, 6.07) is 8.03. The molecule has 0 aromatic heterocycles. The van der Waals surface area contributed by atoms with Crippen LogP contribution < -0.4 is 10.1 Å². The molecule has 2 fully saturated rings. The summed E-state index contributed by atoms with van der Waals surface area (Å²) in [5.41, 5.74) is 1.13. The molecule has 130 valence electrons. The summed E-state index contributed by atoms with van der Waals surface area (Å²) < 4.78 is 5.13. The summed E-state index contributed by atoms with van der Waals surface area (Å²) in [6.45, 7) is 1.55. The fraction of sp³-hybridized carbons (Fsp3) is 0.579. The molecule has 1 aromatic carbocycles. The summed E-state index contributed by atoms with van der Waals surface area (Å²) >= 11 is 0. The average Bonchev–Trinajstić information content (AvgIpc) is 3.45. The maximum Gasteiger partial charge on any atom is 0.225 e. The Bertz CT molecular complexity index is 573. The number of nitrogens with zero attached hydrogens (tertiary/aromatic N) is 1. The number of nitrogens with one attached hydrogen (secondary N) is 1. The molecule has 1 saturated carbocycles. The van der Waals surface area contributed by atoms with Crippen molar-refractivity contribution in [2.24, 2.45) is 5.92 Å². The van der Waals surface area contributed by atoms with Gasteiger partial charge in [0, 0.05) is 31.5 Å². The van der Waals surface area contributed by atoms with Gasteiger partial charge in [0.25, 0.3) is 0 Å². The first-order chi connectivity index (χ1) is 11.7. The zero-order valence-corrected chi connectivity index (χ0v) is 14.3. The molecule has 1 aromatic rings. The van der Waals surface area contributed by atoms with Gasteiger partial charge in [-0.1, -0.05) is 12.1 Å². The number of piperidine rings is 1. The van der Waals surface area contributed by atoms with Crippen molar-refractivity contribution >= 4 is 11.8 Å². The molecule has 1 heterocycles. The van der Waals surface area contributed by atoms with Crippen LogP contribution in [-0.2, 0) is 16.0 Å². The average molecular weight is 330 g/mol. The topological polar surface area (TPSA) is 58.6 Å². The second kappa shape index (κ2) is 7.69. The van der Waals surface area contributed by atoms with E-state index in [0.29, 0.717) is 18.2 Å². The minimum atomic E-state index is 0.0952. The Morgan fingerprint density at radius 1 is 1.12 bits per heavy atom. The predicted octanol–water partition coefficient (Wildman–Crippen LogP) is 2.14. The lowest BCUT2D eigenvalue weighted by molar-refractivity contribution is -0.133. The van der Waals surface area contributed by atoms with Gasteiger partial charge in [-0.05, 0) is 49.8 Å². The fourth-order valence-corrected chi connectivity index (χ4v) is 3.18. The molecule has 0 spiro atoms. The number of hydrogen-bond donors (Lipinski definition) is 1. The quantitative estimate of drug-likeness (QED) is 0.869. The van der Waals surface area contributed by atoms with Crippen molar-refractivity contribution < 1.29 is 14.3 Å². The third kappa shape index (κ3) is 4.49. The summed E-state index contributed by atoms with van der Waals surface area (Å²) in [5.74, 6) is 1.54. The lowest BCUT2D eigenvalue weighted by atomic mass is 10.0. The van der Waals surface area contributed by atoms with Gasteiger partial charge in [-0.3, -0.25) is 9.59 Å². The third-order valence-electron chi connectivity index (χ3n) is 4.90. The van der Waals surface area contributed by atoms with Crippen LogP contribution in [0.1, 0.15) is 37.7 Å². The number of aryl methyl sites for hydroxylation is 1. The molecule has 2 aliphatic rings. The first kappa shape index (κ1) is 16.8. The summed E-state index contributed by atoms with van der Waals surface area (Å²) in [4.78, 5) is 26.1. The minimum Gasteiger partial charge on any atom is -0.497 e. The first-order valence-electron chi connectivity index (χ1n) is 8.87. The highest BCUT2D eigenvalue weighted by Gasteiger charge is 2.34. The second-order valence-corrected chi connectivity index (χ2v) is 6.79. The van der Waals surface area contributed by atoms with E-state index in [1.54, 1.807) is 7.11 Å². The predicted molar refractivity (Wildman–Crippen MR) is 91.8 cm³/mol. The SMILES string of the molecule is COc1ccc(CCC(=O)NC2CCN(C(=O)C3CC3)CC2)cc1. The molecule has 1 N–H and O–H groups in total. The van der Waals surface area contributed by atoms with E-state index in [1.807, 2.05) is 29.2 Å². The van der Waals surface area contributed by atoms with Gasteiger partial charge in [0.2, 0.25) is 11.8 Å². The van der Waals surface area contributed by atoms with E-state index < -0.39 is 0 Å². The zero-order chi connectivity index (χ0) is 16.9. The van der Waals surface area contributed by atoms with E-state index in [2.05, 4.69) is 5.32 Å². The second-order valence-electron chi connectivity index (χ2n) is 6.79. The molecule has 5 nitrogen and oxygen atoms in total. The molecule has 5 heteroatoms. The standard InChI is InChI=1S/C19H26N2O3/c1-24-17-7-2-14(3-8-17)4-9-18(22)20-16-10-12-21(13-11-16)19(23)15-5-6-15/h2-3,7-8,15-16H,4-6,9-13H2,1H3,(H,20,22). The lowest BCUT2D eigenvalue weighted by Gasteiger charge is -2.32. The number of likely N-dealkylation sites (tertiary alicyclic amines) is 1. The van der Waals surface area contributed by atoms with Crippen LogP contribution >= 0.6 is 0 Å². The van der Waals surface area contributed by atoms with E-state index >= 15 is 0 Å². The number of hydrogen-bond acceptors (Lipinski definition) is 3. The van der Waals surface area contributed by atoms with E-state index in [4.69, 9.17) is 4.74 Å². The normalized spacial score (nSPS) is 18.3. The van der Waals surface area contributed by atoms with E-state index in [-0.39, 0.29) is 11.9 Å². The maximum absolute atomic E-state index is 12.1. The molecule has 0 bridgehead atoms. The van der Waals surface area contributed by atoms with Gasteiger partial charge in [-0.15, -0.1) is 0 Å². The fourth-order valence-electron chi connectivity index (χ4n) is 3.18. The van der Waals surface area contributed by atoms with Gasteiger partial charge in [-0.25, -0.2) is 0 Å². The number of ether oxygens (including phenoxy) is 1. The van der Waals surface area contributed by atoms with E-state index in [0.717, 1.165) is 56.5 Å². The Kier molecular flexibility index (Phi) is 5.38. The number of carbonyl (C=O) groups is 2. The highest BCUT2D eigenvalue weighted by atomic mass is 16.5. The Labute approximate surface area is 143 Å². The van der Waals surface area contributed by atoms with Crippen LogP contribution in [0.5, 0.6) is 5.75 Å². The molecule has 0 radical (unpaired) electrons. The van der Waals surface area contributed by atoms with Gasteiger partial charge in [-0.2, -0.15) is 0 Å². The highest BCUT2D eigenvalue weighted by molar-refractivity contribution is 5.81. The zero-order valence-electron chi connectivity index (χ0n) is 14.3. The third-order valence-corrected chi connectivity index (χ3v) is 4.90. The molecule has 0 atom stereocenters. The Morgan fingerprint density at radius 3 is 2.38 bits per heavy atom. The molecule has 1 saturated heterocycles. The molecule has 3 rings (SSSR count). The van der Waals surface area contributed by atoms with E-state index in [1.165, 1.54) is 0 Å². The molecular weight excluding hydrogens is 304 g/mol. The minimum absolute atomic E-state index is 0.0952. The van der Waals surface area contributed by atoms with Crippen molar-refractivity contribution in [3.05, 3.63) is 29.8 Å². The van der Waals surface area contributed by atoms with Gasteiger partial charge in [0.15, 0.2) is 0 Å². The number of benzene rings is 1. The lowest BCUT2D eigenvalue weighted by Crippen LogP contribution is -2.47. The summed E-state index contributed by atoms with van der Waals surface area (Å²) in [5, 5.41) is 3.11. The van der Waals surface area contributed by atoms with Crippen LogP contribution in [-0.4, -0.2) is 43.0 Å². The first-order valence-corrected chi connectivity index (χ1v) is 8.87. The molecule has 0 unspecified atom stereocenters. The largest absolute Gasteiger partial charge is 0.497 e. The van der Waals surface area contributed by atoms with Crippen LogP contribution in [0.25, 0.3) is 0 Å². The number of amides is 2. The van der Waals surface area contributed by atoms with Crippen molar-refractivity contribution in [2.45, 2.75) is 44.6 Å². The van der Waals surface area contributed by atoms with Crippen molar-refractivity contribution in [1.82, 2.24) is 10.2 Å². The molecule has 24 heavy (non-hydrogen) atoms. The van der Waals surface area contributed by atoms with Crippen molar-refractivity contribution in [3.63, 3.8) is 0 Å². The van der Waals surface area contributed by atoms with Gasteiger partial charge in [0.1, 0.15) is 5.75 Å². The van der Waals surface area contributed by atoms with Gasteiger partial charge in [0.05, 0.1) is 7.11 Å². The van der Waals surface area contributed by atoms with Crippen LogP contribution in [0.2, 0.25) is 0 Å². The molecular formula is C19H26N2O3. The van der Waals surface area contributed by atoms with Gasteiger partial charge >= 0.3 is 0 Å². The van der Waals surface area contributed by atoms with Crippen LogP contribution in [0.3, 0.4) is 0 Å². The monoisotopic (exact) mass is 330 g/mol. The molecule has 1 aliphatic heterocycles. The molecule has 1 aliphatic carbocycles. The maximum atomic E-state index is 12.1. The summed E-state index contributed by atoms with van der Waals surface area (Å²) in [6.07, 6.45) is 5.07. The van der Waals surface area contributed by atoms with Crippen LogP contribution in [0, 0.1) is 5.92 Å².